The van der Waals surface area contributed by atoms with E-state index >= 15 is 0 Å². The minimum Gasteiger partial charge on any atom is -0.491 e. The van der Waals surface area contributed by atoms with Crippen molar-refractivity contribution in [3.8, 4) is 5.75 Å². The van der Waals surface area contributed by atoms with E-state index in [9.17, 15) is 13.5 Å². The summed E-state index contributed by atoms with van der Waals surface area (Å²) in [5, 5.41) is 10.2. The van der Waals surface area contributed by atoms with Gasteiger partial charge in [-0.2, -0.15) is 0 Å². The molecular formula is C19H24O4S. The van der Waals surface area contributed by atoms with E-state index in [0.717, 1.165) is 6.26 Å². The van der Waals surface area contributed by atoms with Crippen molar-refractivity contribution in [2.24, 2.45) is 0 Å². The minimum absolute atomic E-state index is 0.0827. The third kappa shape index (κ3) is 4.82. The average Bonchev–Trinajstić information content (AvgIpc) is 2.51. The molecule has 0 saturated heterocycles. The molecule has 0 aliphatic rings. The summed E-state index contributed by atoms with van der Waals surface area (Å²) in [7, 11) is -3.23. The zero-order valence-electron chi connectivity index (χ0n) is 14.5. The maximum absolute atomic E-state index is 11.4. The zero-order valence-corrected chi connectivity index (χ0v) is 15.3. The van der Waals surface area contributed by atoms with E-state index in [0.29, 0.717) is 11.3 Å². The van der Waals surface area contributed by atoms with E-state index < -0.39 is 15.9 Å². The molecule has 0 fully saturated rings. The molecule has 0 heterocycles. The topological polar surface area (TPSA) is 63.6 Å². The van der Waals surface area contributed by atoms with Crippen molar-refractivity contribution in [1.29, 1.82) is 0 Å². The fraction of sp³-hybridized carbons (Fsp3) is 0.368. The van der Waals surface area contributed by atoms with Crippen LogP contribution in [-0.4, -0.2) is 26.4 Å². The summed E-state index contributed by atoms with van der Waals surface area (Å²) < 4.78 is 28.5. The summed E-state index contributed by atoms with van der Waals surface area (Å²) in [5.41, 5.74) is 1.92. The Morgan fingerprint density at radius 1 is 1.00 bits per heavy atom. The van der Waals surface area contributed by atoms with Crippen LogP contribution in [0.3, 0.4) is 0 Å². The van der Waals surface area contributed by atoms with Gasteiger partial charge in [0, 0.05) is 6.26 Å². The van der Waals surface area contributed by atoms with Gasteiger partial charge in [0.05, 0.1) is 4.90 Å². The predicted molar refractivity (Wildman–Crippen MR) is 95.1 cm³/mol. The summed E-state index contributed by atoms with van der Waals surface area (Å²) in [5.74, 6) is 0.690. The smallest absolute Gasteiger partial charge is 0.175 e. The fourth-order valence-corrected chi connectivity index (χ4v) is 2.89. The summed E-state index contributed by atoms with van der Waals surface area (Å²) >= 11 is 0. The van der Waals surface area contributed by atoms with Crippen LogP contribution in [0.25, 0.3) is 0 Å². The molecule has 0 aliphatic carbocycles. The molecule has 1 unspecified atom stereocenters. The number of aliphatic hydroxyl groups excluding tert-OH is 1. The number of hydrogen-bond donors (Lipinski definition) is 1. The number of benzene rings is 2. The maximum Gasteiger partial charge on any atom is 0.175 e. The molecule has 1 atom stereocenters. The Morgan fingerprint density at radius 3 is 2.00 bits per heavy atom. The van der Waals surface area contributed by atoms with Gasteiger partial charge in [0.2, 0.25) is 0 Å². The van der Waals surface area contributed by atoms with Crippen LogP contribution in [0, 0.1) is 0 Å². The highest BCUT2D eigenvalue weighted by Crippen LogP contribution is 2.25. The minimum atomic E-state index is -3.23. The summed E-state index contributed by atoms with van der Waals surface area (Å²) in [6.45, 7) is 6.54. The van der Waals surface area contributed by atoms with Gasteiger partial charge in [0.1, 0.15) is 18.5 Å². The molecule has 24 heavy (non-hydrogen) atoms. The lowest BCUT2D eigenvalue weighted by Gasteiger charge is -2.19. The Balaban J connectivity index is 1.99. The number of hydrogen-bond acceptors (Lipinski definition) is 4. The van der Waals surface area contributed by atoms with Crippen molar-refractivity contribution in [3.05, 3.63) is 59.7 Å². The van der Waals surface area contributed by atoms with Gasteiger partial charge in [-0.3, -0.25) is 0 Å². The fourth-order valence-electron chi connectivity index (χ4n) is 2.26. The van der Waals surface area contributed by atoms with Gasteiger partial charge in [-0.15, -0.1) is 0 Å². The number of aliphatic hydroxyl groups is 1. The highest BCUT2D eigenvalue weighted by atomic mass is 32.2. The van der Waals surface area contributed by atoms with Crippen LogP contribution in [-0.2, 0) is 15.3 Å². The van der Waals surface area contributed by atoms with Gasteiger partial charge >= 0.3 is 0 Å². The van der Waals surface area contributed by atoms with Gasteiger partial charge in [0.25, 0.3) is 0 Å². The van der Waals surface area contributed by atoms with E-state index in [2.05, 4.69) is 20.8 Å². The first-order valence-corrected chi connectivity index (χ1v) is 9.68. The van der Waals surface area contributed by atoms with E-state index in [1.807, 2.05) is 24.3 Å². The standard InChI is InChI=1S/C19H24O4S/c1-19(2,3)15-7-9-16(10-8-15)23-13-18(20)14-5-11-17(12-6-14)24(4,21)22/h5-12,18,20H,13H2,1-4H3. The van der Waals surface area contributed by atoms with Crippen LogP contribution >= 0.6 is 0 Å². The van der Waals surface area contributed by atoms with Gasteiger partial charge < -0.3 is 9.84 Å². The second kappa shape index (κ2) is 6.95. The number of rotatable bonds is 5. The first-order valence-electron chi connectivity index (χ1n) is 7.79. The zero-order chi connectivity index (χ0) is 18.0. The number of sulfone groups is 1. The van der Waals surface area contributed by atoms with Crippen molar-refractivity contribution in [1.82, 2.24) is 0 Å². The monoisotopic (exact) mass is 348 g/mol. The van der Waals surface area contributed by atoms with Crippen LogP contribution in [0.1, 0.15) is 38.0 Å². The molecule has 2 rings (SSSR count). The molecule has 0 spiro atoms. The van der Waals surface area contributed by atoms with Crippen LogP contribution in [0.2, 0.25) is 0 Å². The second-order valence-corrected chi connectivity index (χ2v) is 8.96. The molecular weight excluding hydrogens is 324 g/mol. The third-order valence-corrected chi connectivity index (χ3v) is 4.95. The van der Waals surface area contributed by atoms with Crippen LogP contribution in [0.5, 0.6) is 5.75 Å². The van der Waals surface area contributed by atoms with Crippen molar-refractivity contribution in [2.45, 2.75) is 37.2 Å². The quantitative estimate of drug-likeness (QED) is 0.898. The van der Waals surface area contributed by atoms with Crippen molar-refractivity contribution in [3.63, 3.8) is 0 Å². The lowest BCUT2D eigenvalue weighted by Crippen LogP contribution is -2.12. The van der Waals surface area contributed by atoms with Gasteiger partial charge in [-0.1, -0.05) is 45.0 Å². The van der Waals surface area contributed by atoms with Gasteiger partial charge in [-0.05, 0) is 40.8 Å². The Bertz CT molecular complexity index is 770. The molecule has 0 radical (unpaired) electrons. The van der Waals surface area contributed by atoms with Crippen molar-refractivity contribution in [2.75, 3.05) is 12.9 Å². The largest absolute Gasteiger partial charge is 0.491 e. The molecule has 0 bridgehead atoms. The van der Waals surface area contributed by atoms with Gasteiger partial charge in [-0.25, -0.2) is 8.42 Å². The molecule has 0 aliphatic heterocycles. The average molecular weight is 348 g/mol. The summed E-state index contributed by atoms with van der Waals surface area (Å²) in [6.07, 6.45) is 0.337. The van der Waals surface area contributed by atoms with Crippen LogP contribution in [0.15, 0.2) is 53.4 Å². The Labute approximate surface area is 144 Å². The van der Waals surface area contributed by atoms with Crippen LogP contribution < -0.4 is 4.74 Å². The first-order chi connectivity index (χ1) is 11.1. The highest BCUT2D eigenvalue weighted by molar-refractivity contribution is 7.90. The van der Waals surface area contributed by atoms with E-state index in [4.69, 9.17) is 4.74 Å². The predicted octanol–water partition coefficient (Wildman–Crippen LogP) is 3.50. The first kappa shape index (κ1) is 18.5. The van der Waals surface area contributed by atoms with Crippen molar-refractivity contribution >= 4 is 9.84 Å². The van der Waals surface area contributed by atoms with Crippen molar-refractivity contribution < 1.29 is 18.3 Å². The molecule has 2 aromatic rings. The summed E-state index contributed by atoms with van der Waals surface area (Å²) in [4.78, 5) is 0.233. The number of ether oxygens (including phenoxy) is 1. The second-order valence-electron chi connectivity index (χ2n) is 6.94. The Morgan fingerprint density at radius 2 is 1.54 bits per heavy atom. The molecule has 0 saturated carbocycles. The SMILES string of the molecule is CC(C)(C)c1ccc(OCC(O)c2ccc(S(C)(=O)=O)cc2)cc1. The normalized spacial score (nSPS) is 13.5. The molecule has 0 aromatic heterocycles. The van der Waals surface area contributed by atoms with Crippen LogP contribution in [0.4, 0.5) is 0 Å². The summed E-state index contributed by atoms with van der Waals surface area (Å²) in [6, 6.07) is 14.0. The molecule has 5 heteroatoms. The van der Waals surface area contributed by atoms with E-state index in [-0.39, 0.29) is 16.9 Å². The molecule has 4 nitrogen and oxygen atoms in total. The van der Waals surface area contributed by atoms with E-state index in [1.54, 1.807) is 12.1 Å². The Hall–Kier alpha value is -1.85. The highest BCUT2D eigenvalue weighted by Gasteiger charge is 2.14. The maximum atomic E-state index is 11.4. The van der Waals surface area contributed by atoms with E-state index in [1.165, 1.54) is 17.7 Å². The molecule has 2 aromatic carbocycles. The van der Waals surface area contributed by atoms with Gasteiger partial charge in [0.15, 0.2) is 9.84 Å². The Kier molecular flexibility index (Phi) is 5.35. The molecule has 1 N–H and O–H groups in total. The third-order valence-electron chi connectivity index (χ3n) is 3.82. The molecule has 130 valence electrons. The molecule has 0 amide bonds. The lowest BCUT2D eigenvalue weighted by atomic mass is 9.87. The lowest BCUT2D eigenvalue weighted by molar-refractivity contribution is 0.108.